The first-order valence-corrected chi connectivity index (χ1v) is 7.55. The summed E-state index contributed by atoms with van der Waals surface area (Å²) in [6.07, 6.45) is 2.68. The molecule has 0 saturated heterocycles. The third-order valence-electron chi connectivity index (χ3n) is 3.22. The van der Waals surface area contributed by atoms with Gasteiger partial charge in [0, 0.05) is 6.20 Å². The van der Waals surface area contributed by atoms with Crippen molar-refractivity contribution in [1.82, 2.24) is 25.6 Å². The second-order valence-corrected chi connectivity index (χ2v) is 4.85. The number of hydrogen-bond donors (Lipinski definition) is 2. The first-order valence-electron chi connectivity index (χ1n) is 7.55. The van der Waals surface area contributed by atoms with Crippen LogP contribution in [0.1, 0.15) is 23.2 Å². The van der Waals surface area contributed by atoms with E-state index in [1.54, 1.807) is 31.2 Å². The average molecular weight is 351 g/mol. The molecule has 0 aliphatic rings. The van der Waals surface area contributed by atoms with Crippen molar-refractivity contribution < 1.29 is 13.9 Å². The van der Waals surface area contributed by atoms with E-state index in [9.17, 15) is 10.1 Å². The molecule has 2 aromatic heterocycles. The number of aromatic nitrogens is 5. The summed E-state index contributed by atoms with van der Waals surface area (Å²) in [4.78, 5) is 15.9. The Morgan fingerprint density at radius 2 is 2.31 bits per heavy atom. The van der Waals surface area contributed by atoms with Crippen molar-refractivity contribution in [3.63, 3.8) is 0 Å². The molecule has 130 valence electrons. The second kappa shape index (κ2) is 7.71. The summed E-state index contributed by atoms with van der Waals surface area (Å²) in [6, 6.07) is 9.11. The summed E-state index contributed by atoms with van der Waals surface area (Å²) in [5, 5.41) is 25.4. The van der Waals surface area contributed by atoms with Gasteiger partial charge < -0.3 is 14.5 Å². The first kappa shape index (κ1) is 16.8. The van der Waals surface area contributed by atoms with E-state index in [-0.39, 0.29) is 29.6 Å². The molecule has 0 unspecified atom stereocenters. The Morgan fingerprint density at radius 1 is 1.46 bits per heavy atom. The van der Waals surface area contributed by atoms with E-state index in [2.05, 4.69) is 30.9 Å². The van der Waals surface area contributed by atoms with E-state index in [0.717, 1.165) is 0 Å². The molecule has 3 aromatic rings. The normalized spacial score (nSPS) is 11.0. The monoisotopic (exact) mass is 351 g/mol. The maximum atomic E-state index is 11.7. The molecule has 0 fully saturated rings. The highest BCUT2D eigenvalue weighted by atomic mass is 16.5. The summed E-state index contributed by atoms with van der Waals surface area (Å²) in [7, 11) is 0. The van der Waals surface area contributed by atoms with Crippen LogP contribution < -0.4 is 5.32 Å². The SMILES string of the molecule is CCOC(=O)c1coc(-c2ccccc2NC=C(C#N)c2nn[nH]n2)n1. The minimum absolute atomic E-state index is 0.0803. The molecule has 0 radical (unpaired) electrons. The van der Waals surface area contributed by atoms with E-state index in [0.29, 0.717) is 11.3 Å². The smallest absolute Gasteiger partial charge is 0.360 e. The van der Waals surface area contributed by atoms with Crippen LogP contribution in [0.25, 0.3) is 17.0 Å². The molecule has 10 heteroatoms. The molecule has 2 N–H and O–H groups in total. The van der Waals surface area contributed by atoms with E-state index in [4.69, 9.17) is 9.15 Å². The average Bonchev–Trinajstić information content (AvgIpc) is 3.35. The zero-order chi connectivity index (χ0) is 18.4. The lowest BCUT2D eigenvalue weighted by Crippen LogP contribution is -2.04. The number of allylic oxidation sites excluding steroid dienone is 1. The Labute approximate surface area is 147 Å². The number of aromatic amines is 1. The molecular weight excluding hydrogens is 338 g/mol. The zero-order valence-electron chi connectivity index (χ0n) is 13.6. The lowest BCUT2D eigenvalue weighted by Gasteiger charge is -2.06. The van der Waals surface area contributed by atoms with Crippen molar-refractivity contribution >= 4 is 17.2 Å². The number of tetrazole rings is 1. The van der Waals surface area contributed by atoms with Gasteiger partial charge in [-0.1, -0.05) is 12.1 Å². The number of oxazole rings is 1. The summed E-state index contributed by atoms with van der Waals surface area (Å²) in [5.74, 6) is -0.155. The predicted octanol–water partition coefficient (Wildman–Crippen LogP) is 2.01. The molecule has 2 heterocycles. The lowest BCUT2D eigenvalue weighted by atomic mass is 10.1. The van der Waals surface area contributed by atoms with Crippen molar-refractivity contribution in [3.05, 3.63) is 48.2 Å². The number of nitrogens with one attached hydrogen (secondary N) is 2. The number of rotatable bonds is 6. The number of H-pyrrole nitrogens is 1. The lowest BCUT2D eigenvalue weighted by molar-refractivity contribution is 0.0519. The first-order chi connectivity index (χ1) is 12.7. The van der Waals surface area contributed by atoms with Crippen LogP contribution in [0.5, 0.6) is 0 Å². The van der Waals surface area contributed by atoms with Crippen LogP contribution >= 0.6 is 0 Å². The van der Waals surface area contributed by atoms with Crippen LogP contribution in [-0.2, 0) is 4.74 Å². The predicted molar refractivity (Wildman–Crippen MR) is 89.3 cm³/mol. The number of esters is 1. The van der Waals surface area contributed by atoms with Crippen LogP contribution in [0, 0.1) is 11.3 Å². The third-order valence-corrected chi connectivity index (χ3v) is 3.22. The number of para-hydroxylation sites is 1. The van der Waals surface area contributed by atoms with Crippen LogP contribution in [0.4, 0.5) is 5.69 Å². The third kappa shape index (κ3) is 3.57. The minimum atomic E-state index is -0.559. The number of nitriles is 1. The zero-order valence-corrected chi connectivity index (χ0v) is 13.6. The molecule has 0 saturated carbocycles. The quantitative estimate of drug-likeness (QED) is 0.503. The summed E-state index contributed by atoms with van der Waals surface area (Å²) >= 11 is 0. The van der Waals surface area contributed by atoms with Crippen LogP contribution in [0.2, 0.25) is 0 Å². The molecule has 0 spiro atoms. The minimum Gasteiger partial charge on any atom is -0.461 e. The van der Waals surface area contributed by atoms with Crippen LogP contribution in [0.3, 0.4) is 0 Å². The largest absolute Gasteiger partial charge is 0.461 e. The Hall–Kier alpha value is -4.00. The maximum absolute atomic E-state index is 11.7. The van der Waals surface area contributed by atoms with Crippen molar-refractivity contribution in [1.29, 1.82) is 5.26 Å². The van der Waals surface area contributed by atoms with Gasteiger partial charge in [-0.05, 0) is 24.3 Å². The number of carbonyl (C=O) groups excluding carboxylic acids is 1. The van der Waals surface area contributed by atoms with Gasteiger partial charge in [0.25, 0.3) is 0 Å². The molecule has 1 aromatic carbocycles. The maximum Gasteiger partial charge on any atom is 0.360 e. The molecule has 10 nitrogen and oxygen atoms in total. The van der Waals surface area contributed by atoms with Gasteiger partial charge in [0.2, 0.25) is 11.7 Å². The van der Waals surface area contributed by atoms with Crippen molar-refractivity contribution in [2.24, 2.45) is 0 Å². The fraction of sp³-hybridized carbons (Fsp3) is 0.125. The number of hydrogen-bond acceptors (Lipinski definition) is 9. The summed E-state index contributed by atoms with van der Waals surface area (Å²) in [6.45, 7) is 1.96. The standard InChI is InChI=1S/C16H13N7O3/c1-2-25-16(24)13-9-26-15(19-13)11-5-3-4-6-12(11)18-8-10(7-17)14-20-22-23-21-14/h3-6,8-9,18H,2H2,1H3,(H,20,21,22,23). The molecule has 0 bridgehead atoms. The Balaban J connectivity index is 1.87. The van der Waals surface area contributed by atoms with Crippen LogP contribution in [0.15, 0.2) is 41.1 Å². The second-order valence-electron chi connectivity index (χ2n) is 4.85. The highest BCUT2D eigenvalue weighted by Gasteiger charge is 2.16. The van der Waals surface area contributed by atoms with Crippen LogP contribution in [-0.4, -0.2) is 38.2 Å². The molecule has 0 aliphatic carbocycles. The van der Waals surface area contributed by atoms with Crippen molar-refractivity contribution in [2.75, 3.05) is 11.9 Å². The Bertz CT molecular complexity index is 970. The fourth-order valence-electron chi connectivity index (χ4n) is 2.06. The van der Waals surface area contributed by atoms with Gasteiger partial charge in [0.15, 0.2) is 5.69 Å². The Kier molecular flexibility index (Phi) is 5.00. The molecule has 3 rings (SSSR count). The Morgan fingerprint density at radius 3 is 3.04 bits per heavy atom. The fourth-order valence-corrected chi connectivity index (χ4v) is 2.06. The molecule has 0 atom stereocenters. The van der Waals surface area contributed by atoms with E-state index in [1.807, 2.05) is 6.07 Å². The van der Waals surface area contributed by atoms with Gasteiger partial charge in [-0.2, -0.15) is 10.5 Å². The number of benzene rings is 1. The highest BCUT2D eigenvalue weighted by molar-refractivity contribution is 5.88. The number of ether oxygens (including phenoxy) is 1. The molecule has 26 heavy (non-hydrogen) atoms. The summed E-state index contributed by atoms with van der Waals surface area (Å²) in [5.41, 5.74) is 1.48. The van der Waals surface area contributed by atoms with Gasteiger partial charge >= 0.3 is 5.97 Å². The van der Waals surface area contributed by atoms with E-state index < -0.39 is 5.97 Å². The number of carbonyl (C=O) groups is 1. The van der Waals surface area contributed by atoms with Gasteiger partial charge in [0.05, 0.1) is 17.9 Å². The molecular formula is C16H13N7O3. The van der Waals surface area contributed by atoms with Crippen molar-refractivity contribution in [2.45, 2.75) is 6.92 Å². The molecule has 0 amide bonds. The van der Waals surface area contributed by atoms with Gasteiger partial charge in [-0.15, -0.1) is 10.2 Å². The topological polar surface area (TPSA) is 143 Å². The molecule has 0 aliphatic heterocycles. The van der Waals surface area contributed by atoms with Crippen molar-refractivity contribution in [3.8, 4) is 17.5 Å². The summed E-state index contributed by atoms with van der Waals surface area (Å²) < 4.78 is 10.3. The van der Waals surface area contributed by atoms with Gasteiger partial charge in [0.1, 0.15) is 17.9 Å². The van der Waals surface area contributed by atoms with E-state index >= 15 is 0 Å². The highest BCUT2D eigenvalue weighted by Crippen LogP contribution is 2.27. The van der Waals surface area contributed by atoms with E-state index in [1.165, 1.54) is 12.5 Å². The van der Waals surface area contributed by atoms with Gasteiger partial charge in [-0.25, -0.2) is 9.78 Å². The van der Waals surface area contributed by atoms with Gasteiger partial charge in [-0.3, -0.25) is 0 Å². The number of nitrogens with zero attached hydrogens (tertiary/aromatic N) is 5. The number of anilines is 1.